The van der Waals surface area contributed by atoms with Crippen LogP contribution in [0.2, 0.25) is 10.0 Å². The van der Waals surface area contributed by atoms with Gasteiger partial charge in [-0.25, -0.2) is 4.98 Å². The normalized spacial score (nSPS) is 10.7. The summed E-state index contributed by atoms with van der Waals surface area (Å²) in [5, 5.41) is 7.29. The molecule has 2 aromatic rings. The van der Waals surface area contributed by atoms with E-state index in [0.29, 0.717) is 33.4 Å². The number of halogens is 2. The van der Waals surface area contributed by atoms with Crippen LogP contribution in [0.1, 0.15) is 13.8 Å². The maximum absolute atomic E-state index is 6.13. The molecule has 0 unspecified atom stereocenters. The second-order valence-corrected chi connectivity index (χ2v) is 5.55. The Kier molecular flexibility index (Phi) is 5.04. The van der Waals surface area contributed by atoms with Gasteiger partial charge < -0.3 is 10.6 Å². The Hall–Kier alpha value is -1.52. The van der Waals surface area contributed by atoms with Crippen molar-refractivity contribution in [3.05, 3.63) is 40.5 Å². The summed E-state index contributed by atoms with van der Waals surface area (Å²) in [6.07, 6.45) is 1.69. The van der Waals surface area contributed by atoms with Crippen molar-refractivity contribution in [3.8, 4) is 0 Å². The van der Waals surface area contributed by atoms with Crippen molar-refractivity contribution in [1.82, 2.24) is 9.97 Å². The molecule has 2 N–H and O–H groups in total. The van der Waals surface area contributed by atoms with E-state index >= 15 is 0 Å². The number of anilines is 3. The molecule has 0 saturated carbocycles. The number of nitrogens with zero attached hydrogens (tertiary/aromatic N) is 2. The molecule has 0 spiro atoms. The third kappa shape index (κ3) is 3.99. The fourth-order valence-corrected chi connectivity index (χ4v) is 1.89. The summed E-state index contributed by atoms with van der Waals surface area (Å²) in [5.74, 6) is 1.77. The third-order valence-electron chi connectivity index (χ3n) is 2.54. The summed E-state index contributed by atoms with van der Waals surface area (Å²) in [6.45, 7) is 5.07. The molecule has 0 aliphatic rings. The molecule has 0 fully saturated rings. The Labute approximate surface area is 128 Å². The highest BCUT2D eigenvalue weighted by atomic mass is 35.5. The van der Waals surface area contributed by atoms with Crippen molar-refractivity contribution in [2.45, 2.75) is 13.8 Å². The maximum atomic E-state index is 6.13. The average Bonchev–Trinajstić information content (AvgIpc) is 2.42. The molecule has 0 radical (unpaired) electrons. The van der Waals surface area contributed by atoms with Crippen LogP contribution in [0.3, 0.4) is 0 Å². The SMILES string of the molecule is CC(C)CNc1nccc(Nc2cccc(Cl)c2Cl)n1. The third-order valence-corrected chi connectivity index (χ3v) is 3.36. The van der Waals surface area contributed by atoms with Crippen LogP contribution in [0.5, 0.6) is 0 Å². The monoisotopic (exact) mass is 310 g/mol. The topological polar surface area (TPSA) is 49.8 Å². The predicted molar refractivity (Wildman–Crippen MR) is 85.1 cm³/mol. The lowest BCUT2D eigenvalue weighted by Gasteiger charge is -2.11. The molecule has 20 heavy (non-hydrogen) atoms. The Morgan fingerprint density at radius 2 is 2.00 bits per heavy atom. The van der Waals surface area contributed by atoms with Gasteiger partial charge in [-0.15, -0.1) is 0 Å². The van der Waals surface area contributed by atoms with E-state index in [-0.39, 0.29) is 0 Å². The van der Waals surface area contributed by atoms with Crippen LogP contribution >= 0.6 is 23.2 Å². The number of benzene rings is 1. The first-order chi connectivity index (χ1) is 9.56. The van der Waals surface area contributed by atoms with Crippen LogP contribution in [0.15, 0.2) is 30.5 Å². The molecule has 1 aromatic heterocycles. The van der Waals surface area contributed by atoms with Gasteiger partial charge in [0.05, 0.1) is 15.7 Å². The summed E-state index contributed by atoms with van der Waals surface area (Å²) in [7, 11) is 0. The van der Waals surface area contributed by atoms with Gasteiger partial charge in [0.2, 0.25) is 5.95 Å². The lowest BCUT2D eigenvalue weighted by molar-refractivity contribution is 0.684. The zero-order chi connectivity index (χ0) is 14.5. The van der Waals surface area contributed by atoms with Gasteiger partial charge in [0.25, 0.3) is 0 Å². The quantitative estimate of drug-likeness (QED) is 0.847. The van der Waals surface area contributed by atoms with E-state index in [9.17, 15) is 0 Å². The van der Waals surface area contributed by atoms with Gasteiger partial charge in [-0.1, -0.05) is 43.1 Å². The van der Waals surface area contributed by atoms with E-state index in [2.05, 4.69) is 34.4 Å². The molecular formula is C14H16Cl2N4. The van der Waals surface area contributed by atoms with E-state index in [1.165, 1.54) is 0 Å². The van der Waals surface area contributed by atoms with E-state index in [1.807, 2.05) is 12.1 Å². The van der Waals surface area contributed by atoms with Crippen LogP contribution in [0.25, 0.3) is 0 Å². The molecule has 1 heterocycles. The predicted octanol–water partition coefficient (Wildman–Crippen LogP) is 4.59. The first-order valence-electron chi connectivity index (χ1n) is 6.34. The van der Waals surface area contributed by atoms with Crippen molar-refractivity contribution in [2.24, 2.45) is 5.92 Å². The van der Waals surface area contributed by atoms with Crippen molar-refractivity contribution in [3.63, 3.8) is 0 Å². The Morgan fingerprint density at radius 1 is 1.20 bits per heavy atom. The molecule has 0 amide bonds. The maximum Gasteiger partial charge on any atom is 0.224 e. The highest BCUT2D eigenvalue weighted by Gasteiger charge is 2.06. The lowest BCUT2D eigenvalue weighted by atomic mass is 10.2. The van der Waals surface area contributed by atoms with Gasteiger partial charge >= 0.3 is 0 Å². The smallest absolute Gasteiger partial charge is 0.224 e. The number of aromatic nitrogens is 2. The number of hydrogen-bond donors (Lipinski definition) is 2. The molecule has 0 saturated heterocycles. The number of nitrogens with one attached hydrogen (secondary N) is 2. The molecule has 4 nitrogen and oxygen atoms in total. The van der Waals surface area contributed by atoms with Crippen LogP contribution in [-0.2, 0) is 0 Å². The zero-order valence-electron chi connectivity index (χ0n) is 11.3. The van der Waals surface area contributed by atoms with Gasteiger partial charge in [-0.05, 0) is 24.1 Å². The second-order valence-electron chi connectivity index (χ2n) is 4.77. The van der Waals surface area contributed by atoms with Gasteiger partial charge in [0, 0.05) is 12.7 Å². The molecule has 0 bridgehead atoms. The molecule has 0 atom stereocenters. The summed E-state index contributed by atoms with van der Waals surface area (Å²) < 4.78 is 0. The molecule has 0 aliphatic carbocycles. The van der Waals surface area contributed by atoms with Crippen molar-refractivity contribution in [1.29, 1.82) is 0 Å². The number of hydrogen-bond acceptors (Lipinski definition) is 4. The molecular weight excluding hydrogens is 295 g/mol. The average molecular weight is 311 g/mol. The highest BCUT2D eigenvalue weighted by molar-refractivity contribution is 6.43. The first-order valence-corrected chi connectivity index (χ1v) is 7.10. The Balaban J connectivity index is 2.13. The summed E-state index contributed by atoms with van der Waals surface area (Å²) in [6, 6.07) is 7.19. The Bertz CT molecular complexity index is 587. The minimum Gasteiger partial charge on any atom is -0.354 e. The van der Waals surface area contributed by atoms with Gasteiger partial charge in [0.1, 0.15) is 5.82 Å². The minimum atomic E-state index is 0.476. The van der Waals surface area contributed by atoms with E-state index < -0.39 is 0 Å². The summed E-state index contributed by atoms with van der Waals surface area (Å²) >= 11 is 12.1. The van der Waals surface area contributed by atoms with E-state index in [0.717, 1.165) is 6.54 Å². The Morgan fingerprint density at radius 3 is 2.75 bits per heavy atom. The van der Waals surface area contributed by atoms with Gasteiger partial charge in [-0.3, -0.25) is 0 Å². The minimum absolute atomic E-state index is 0.476. The van der Waals surface area contributed by atoms with Crippen LogP contribution in [0, 0.1) is 5.92 Å². The molecule has 106 valence electrons. The van der Waals surface area contributed by atoms with E-state index in [1.54, 1.807) is 18.3 Å². The zero-order valence-corrected chi connectivity index (χ0v) is 12.8. The number of rotatable bonds is 5. The van der Waals surface area contributed by atoms with Crippen molar-refractivity contribution < 1.29 is 0 Å². The standard InChI is InChI=1S/C14H16Cl2N4/c1-9(2)8-18-14-17-7-6-12(20-14)19-11-5-3-4-10(15)13(11)16/h3-7,9H,8H2,1-2H3,(H2,17,18,19,20). The largest absolute Gasteiger partial charge is 0.354 e. The van der Waals surface area contributed by atoms with Crippen LogP contribution < -0.4 is 10.6 Å². The first kappa shape index (κ1) is 14.9. The second kappa shape index (κ2) is 6.77. The van der Waals surface area contributed by atoms with Gasteiger partial charge in [0.15, 0.2) is 0 Å². The fraction of sp³-hybridized carbons (Fsp3) is 0.286. The van der Waals surface area contributed by atoms with Crippen molar-refractivity contribution >= 4 is 40.7 Å². The fourth-order valence-electron chi connectivity index (χ4n) is 1.55. The summed E-state index contributed by atoms with van der Waals surface area (Å²) in [4.78, 5) is 8.55. The lowest BCUT2D eigenvalue weighted by Crippen LogP contribution is -2.11. The molecule has 0 aliphatic heterocycles. The molecule has 6 heteroatoms. The van der Waals surface area contributed by atoms with Crippen LogP contribution in [0.4, 0.5) is 17.5 Å². The van der Waals surface area contributed by atoms with Gasteiger partial charge in [-0.2, -0.15) is 4.98 Å². The highest BCUT2D eigenvalue weighted by Crippen LogP contribution is 2.31. The van der Waals surface area contributed by atoms with Crippen LogP contribution in [-0.4, -0.2) is 16.5 Å². The molecule has 1 aromatic carbocycles. The molecule has 2 rings (SSSR count). The summed E-state index contributed by atoms with van der Waals surface area (Å²) in [5.41, 5.74) is 0.715. The van der Waals surface area contributed by atoms with Crippen molar-refractivity contribution in [2.75, 3.05) is 17.2 Å². The van der Waals surface area contributed by atoms with E-state index in [4.69, 9.17) is 23.2 Å².